The van der Waals surface area contributed by atoms with Gasteiger partial charge in [0, 0.05) is 0 Å². The summed E-state index contributed by atoms with van der Waals surface area (Å²) >= 11 is -0.189. The monoisotopic (exact) mass is 232 g/mol. The second kappa shape index (κ2) is 3.90. The Hall–Kier alpha value is -1.31. The zero-order valence-electron chi connectivity index (χ0n) is 5.89. The molecule has 1 heterocycles. The fourth-order valence-electron chi connectivity index (χ4n) is 0.646. The summed E-state index contributed by atoms with van der Waals surface area (Å²) in [5, 5.41) is 18.9. The second-order valence-electron chi connectivity index (χ2n) is 1.88. The number of furan rings is 1. The van der Waals surface area contributed by atoms with Crippen molar-refractivity contribution in [3.63, 3.8) is 0 Å². The van der Waals surface area contributed by atoms with Crippen molar-refractivity contribution >= 4 is 20.8 Å². The summed E-state index contributed by atoms with van der Waals surface area (Å²) in [5.74, 6) is 0.238. The zero-order chi connectivity index (χ0) is 8.97. The average molecular weight is 231 g/mol. The van der Waals surface area contributed by atoms with E-state index in [0.29, 0.717) is 11.1 Å². The maximum atomic E-state index is 10.1. The van der Waals surface area contributed by atoms with Gasteiger partial charge in [0.1, 0.15) is 0 Å². The molecule has 6 heteroatoms. The number of hydrogen-bond acceptors (Lipinski definition) is 4. The topological polar surface area (TPSA) is 80.1 Å². The fraction of sp³-hybridized carbons (Fsp3) is 0.167. The summed E-state index contributed by atoms with van der Waals surface area (Å²) in [7, 11) is 0. The van der Waals surface area contributed by atoms with Gasteiger partial charge in [0.25, 0.3) is 0 Å². The molecule has 0 unspecified atom stereocenters. The molecule has 1 rings (SSSR count). The molecule has 0 amide bonds. The van der Waals surface area contributed by atoms with Crippen LogP contribution in [0.4, 0.5) is 5.88 Å². The Bertz CT molecular complexity index is 328. The van der Waals surface area contributed by atoms with Gasteiger partial charge in [-0.3, -0.25) is 0 Å². The second-order valence-corrected chi connectivity index (χ2v) is 3.47. The summed E-state index contributed by atoms with van der Waals surface area (Å²) in [4.78, 5) is 11.5. The van der Waals surface area contributed by atoms with Gasteiger partial charge in [0.2, 0.25) is 0 Å². The number of nitriles is 1. The summed E-state index contributed by atoms with van der Waals surface area (Å²) in [6, 6.07) is 2.82. The van der Waals surface area contributed by atoms with E-state index in [1.165, 1.54) is 12.1 Å². The van der Waals surface area contributed by atoms with Crippen LogP contribution in [0.15, 0.2) is 16.5 Å². The van der Waals surface area contributed by atoms with Crippen LogP contribution in [0.2, 0.25) is 0 Å². The normalized spacial score (nSPS) is 9.25. The van der Waals surface area contributed by atoms with Crippen molar-refractivity contribution in [2.45, 2.75) is 5.32 Å². The molecule has 1 aromatic heterocycles. The van der Waals surface area contributed by atoms with E-state index in [4.69, 9.17) is 9.68 Å². The summed E-state index contributed by atoms with van der Waals surface area (Å²) in [5.41, 5.74) is 0. The van der Waals surface area contributed by atoms with Gasteiger partial charge in [-0.15, -0.1) is 0 Å². The first-order chi connectivity index (χ1) is 5.74. The molecule has 62 valence electrons. The first kappa shape index (κ1) is 8.78. The first-order valence-electron chi connectivity index (χ1n) is 2.98. The Morgan fingerprint density at radius 2 is 2.50 bits per heavy atom. The van der Waals surface area contributed by atoms with Crippen LogP contribution >= 0.6 is 0 Å². The van der Waals surface area contributed by atoms with E-state index >= 15 is 0 Å². The summed E-state index contributed by atoms with van der Waals surface area (Å²) in [6.07, 6.45) is 0. The molecule has 0 radical (unpaired) electrons. The summed E-state index contributed by atoms with van der Waals surface area (Å²) < 4.78 is 4.81. The molecule has 0 aromatic carbocycles. The zero-order valence-corrected chi connectivity index (χ0v) is 7.60. The van der Waals surface area contributed by atoms with E-state index in [2.05, 4.69) is 0 Å². The molecule has 0 saturated heterocycles. The first-order valence-corrected chi connectivity index (χ1v) is 5.05. The van der Waals surface area contributed by atoms with Crippen LogP contribution in [-0.4, -0.2) is 19.9 Å². The molecular formula is C6H4N2O3Se. The number of nitro groups is 1. The van der Waals surface area contributed by atoms with Gasteiger partial charge in [-0.1, -0.05) is 0 Å². The van der Waals surface area contributed by atoms with Crippen LogP contribution in [0.25, 0.3) is 0 Å². The minimum atomic E-state index is -0.594. The third-order valence-corrected chi connectivity index (χ3v) is 2.28. The van der Waals surface area contributed by atoms with Gasteiger partial charge < -0.3 is 0 Å². The molecular weight excluding hydrogens is 227 g/mol. The Labute approximate surface area is 74.3 Å². The Balaban J connectivity index is 2.66. The minimum absolute atomic E-state index is 0.189. The van der Waals surface area contributed by atoms with Crippen molar-refractivity contribution in [3.05, 3.63) is 28.0 Å². The molecule has 0 atom stereocenters. The summed E-state index contributed by atoms with van der Waals surface area (Å²) in [6.45, 7) is 0. The van der Waals surface area contributed by atoms with Crippen molar-refractivity contribution in [2.24, 2.45) is 0 Å². The Morgan fingerprint density at radius 3 is 3.00 bits per heavy atom. The van der Waals surface area contributed by atoms with Gasteiger partial charge in [-0.25, -0.2) is 0 Å². The number of nitrogens with zero attached hydrogens (tertiary/aromatic N) is 2. The molecule has 0 fully saturated rings. The molecule has 0 aliphatic heterocycles. The molecule has 0 aliphatic carbocycles. The van der Waals surface area contributed by atoms with Gasteiger partial charge >= 0.3 is 73.7 Å². The van der Waals surface area contributed by atoms with Crippen LogP contribution in [-0.2, 0) is 5.32 Å². The van der Waals surface area contributed by atoms with Gasteiger partial charge in [-0.05, 0) is 0 Å². The molecule has 0 N–H and O–H groups in total. The van der Waals surface area contributed by atoms with E-state index in [1.54, 1.807) is 0 Å². The van der Waals surface area contributed by atoms with Crippen LogP contribution < -0.4 is 0 Å². The molecule has 0 saturated carbocycles. The van der Waals surface area contributed by atoms with Gasteiger partial charge in [0.05, 0.1) is 0 Å². The van der Waals surface area contributed by atoms with Crippen molar-refractivity contribution in [1.29, 1.82) is 5.26 Å². The van der Waals surface area contributed by atoms with Gasteiger partial charge in [0.15, 0.2) is 0 Å². The van der Waals surface area contributed by atoms with E-state index < -0.39 is 4.92 Å². The number of hydrogen-bond donors (Lipinski definition) is 0. The fourth-order valence-corrected chi connectivity index (χ4v) is 1.41. The average Bonchev–Trinajstić information content (AvgIpc) is 2.48. The predicted molar refractivity (Wildman–Crippen MR) is 40.4 cm³/mol. The van der Waals surface area contributed by atoms with Gasteiger partial charge in [-0.2, -0.15) is 0 Å². The van der Waals surface area contributed by atoms with E-state index in [9.17, 15) is 10.1 Å². The third kappa shape index (κ3) is 2.09. The van der Waals surface area contributed by atoms with E-state index in [0.717, 1.165) is 0 Å². The van der Waals surface area contributed by atoms with Crippen molar-refractivity contribution in [3.8, 4) is 4.97 Å². The Kier molecular flexibility index (Phi) is 2.86. The quantitative estimate of drug-likeness (QED) is 0.439. The molecule has 1 aromatic rings. The third-order valence-electron chi connectivity index (χ3n) is 1.11. The van der Waals surface area contributed by atoms with E-state index in [1.807, 2.05) is 4.97 Å². The molecule has 0 bridgehead atoms. The Morgan fingerprint density at radius 1 is 1.75 bits per heavy atom. The van der Waals surface area contributed by atoms with Crippen molar-refractivity contribution in [1.82, 2.24) is 0 Å². The van der Waals surface area contributed by atoms with Crippen LogP contribution in [0, 0.1) is 20.3 Å². The molecule has 0 spiro atoms. The maximum absolute atomic E-state index is 10.1. The van der Waals surface area contributed by atoms with Crippen molar-refractivity contribution in [2.75, 3.05) is 0 Å². The molecule has 5 nitrogen and oxygen atoms in total. The van der Waals surface area contributed by atoms with Crippen LogP contribution in [0.1, 0.15) is 5.76 Å². The van der Waals surface area contributed by atoms with E-state index in [-0.39, 0.29) is 20.8 Å². The molecule has 0 aliphatic rings. The van der Waals surface area contributed by atoms with Crippen LogP contribution in [0.5, 0.6) is 0 Å². The predicted octanol–water partition coefficient (Wildman–Crippen LogP) is 0.873. The standard InChI is InChI=1S/C6H4N2O3Se/c7-4-12-3-5-1-2-6(11-5)8(9)10/h1-2H,3H2. The number of rotatable bonds is 3. The molecule has 12 heavy (non-hydrogen) atoms. The SMILES string of the molecule is N#C[Se]Cc1ccc([N+](=O)[O-])o1. The van der Waals surface area contributed by atoms with Crippen molar-refractivity contribution < 1.29 is 9.34 Å². The van der Waals surface area contributed by atoms with Crippen LogP contribution in [0.3, 0.4) is 0 Å².